The van der Waals surface area contributed by atoms with Gasteiger partial charge in [-0.15, -0.1) is 0 Å². The van der Waals surface area contributed by atoms with Gasteiger partial charge < -0.3 is 37.1 Å². The van der Waals surface area contributed by atoms with Crippen molar-refractivity contribution in [2.24, 2.45) is 5.73 Å². The van der Waals surface area contributed by atoms with Crippen molar-refractivity contribution in [3.63, 3.8) is 0 Å². The first-order valence-corrected chi connectivity index (χ1v) is 23.1. The summed E-state index contributed by atoms with van der Waals surface area (Å²) in [5.74, 6) is -3.88. The molecule has 0 spiro atoms. The van der Waals surface area contributed by atoms with E-state index >= 15 is 0 Å². The number of nitrogens with two attached hydrogens (primary N) is 1. The number of nitrogens with one attached hydrogen (secondary N) is 8. The standard InChI is InChI=1S/C46H62N12O13/c1-28-21-56(44(68)53-38(28)62)24-35(59)50-32(15-7-10-18-47)41(65)48-19-11-8-16-33(51-36(60)25-57-22-29(2)39(63)54-45(57)69)42(66)49-20-12-9-17-34(43(67)71-27-31-13-5-4-6-14-31)52-37(61)26-58-23-30(3)40(64)55-46(58)70/h4-6,13-14,21-23,32-34H,7-12,15-20,24-27,47H2,1-3H3,(H,48,65)(H,49,66)(H,50,59)(H,51,60)(H,52,61)(H,53,62,68)(H,54,63,69)(H,55,64,70)/t32-,33-,34-/m0/s1. The first-order chi connectivity index (χ1) is 33.8. The summed E-state index contributed by atoms with van der Waals surface area (Å²) in [5, 5.41) is 13.4. The van der Waals surface area contributed by atoms with Crippen LogP contribution in [-0.2, 0) is 59.7 Å². The van der Waals surface area contributed by atoms with Crippen LogP contribution in [0.2, 0.25) is 0 Å². The Balaban J connectivity index is 1.36. The highest BCUT2D eigenvalue weighted by molar-refractivity contribution is 5.88. The van der Waals surface area contributed by atoms with E-state index in [1.54, 1.807) is 30.3 Å². The molecule has 4 aromatic rings. The number of unbranched alkanes of at least 4 members (excludes halogenated alkanes) is 3. The van der Waals surface area contributed by atoms with E-state index in [1.165, 1.54) is 39.4 Å². The van der Waals surface area contributed by atoms with Crippen LogP contribution in [0, 0.1) is 20.8 Å². The molecule has 3 heterocycles. The topological polar surface area (TPSA) is 362 Å². The number of aromatic amines is 3. The van der Waals surface area contributed by atoms with Gasteiger partial charge in [0.05, 0.1) is 0 Å². The SMILES string of the molecule is Cc1cn(CC(=O)N[C@@H](CCCCN)C(=O)NCCCC[C@H](NC(=O)Cn2cc(C)c(=O)[nH]c2=O)C(=O)NCCCC[C@H](NC(=O)Cn2cc(C)c(=O)[nH]c2=O)C(=O)OCc2ccccc2)c(=O)[nH]c1=O. The van der Waals surface area contributed by atoms with Crippen LogP contribution in [0.3, 0.4) is 0 Å². The van der Waals surface area contributed by atoms with Gasteiger partial charge in [-0.25, -0.2) is 19.2 Å². The molecule has 25 nitrogen and oxygen atoms in total. The normalized spacial score (nSPS) is 12.2. The summed E-state index contributed by atoms with van der Waals surface area (Å²) < 4.78 is 8.49. The maximum atomic E-state index is 13.6. The maximum Gasteiger partial charge on any atom is 0.328 e. The minimum atomic E-state index is -1.15. The number of aryl methyl sites for hydroxylation is 3. The quantitative estimate of drug-likeness (QED) is 0.0209. The van der Waals surface area contributed by atoms with E-state index in [9.17, 15) is 57.5 Å². The number of H-pyrrole nitrogens is 3. The van der Waals surface area contributed by atoms with Crippen LogP contribution < -0.4 is 66.1 Å². The van der Waals surface area contributed by atoms with Crippen LogP contribution >= 0.6 is 0 Å². The third-order valence-electron chi connectivity index (χ3n) is 11.0. The molecule has 3 atom stereocenters. The Kier molecular flexibility index (Phi) is 21.9. The highest BCUT2D eigenvalue weighted by atomic mass is 16.5. The molecule has 5 amide bonds. The van der Waals surface area contributed by atoms with Crippen molar-refractivity contribution in [3.8, 4) is 0 Å². The van der Waals surface area contributed by atoms with Gasteiger partial charge in [0.2, 0.25) is 29.5 Å². The highest BCUT2D eigenvalue weighted by Gasteiger charge is 2.25. The maximum absolute atomic E-state index is 13.6. The third kappa shape index (κ3) is 18.5. The number of esters is 1. The third-order valence-corrected chi connectivity index (χ3v) is 11.0. The van der Waals surface area contributed by atoms with Crippen molar-refractivity contribution >= 4 is 35.5 Å². The van der Waals surface area contributed by atoms with Crippen LogP contribution in [0.4, 0.5) is 0 Å². The number of ether oxygens (including phenoxy) is 1. The number of nitrogens with zero attached hydrogens (tertiary/aromatic N) is 3. The molecule has 0 fully saturated rings. The average molecular weight is 991 g/mol. The monoisotopic (exact) mass is 990 g/mol. The smallest absolute Gasteiger partial charge is 0.328 e. The van der Waals surface area contributed by atoms with Gasteiger partial charge in [0.15, 0.2) is 0 Å². The molecule has 10 N–H and O–H groups in total. The molecule has 71 heavy (non-hydrogen) atoms. The molecular weight excluding hydrogens is 929 g/mol. The zero-order valence-corrected chi connectivity index (χ0v) is 39.9. The molecule has 384 valence electrons. The van der Waals surface area contributed by atoms with E-state index in [-0.39, 0.29) is 62.1 Å². The van der Waals surface area contributed by atoms with Gasteiger partial charge in [-0.2, -0.15) is 0 Å². The zero-order chi connectivity index (χ0) is 52.0. The van der Waals surface area contributed by atoms with E-state index in [2.05, 4.69) is 41.5 Å². The van der Waals surface area contributed by atoms with E-state index in [1.807, 2.05) is 0 Å². The first-order valence-electron chi connectivity index (χ1n) is 23.1. The molecule has 0 aliphatic rings. The zero-order valence-electron chi connectivity index (χ0n) is 39.9. The number of benzene rings is 1. The van der Waals surface area contributed by atoms with E-state index in [4.69, 9.17) is 10.5 Å². The van der Waals surface area contributed by atoms with Crippen molar-refractivity contribution in [2.45, 2.75) is 123 Å². The molecule has 3 aromatic heterocycles. The molecule has 0 saturated heterocycles. The molecule has 0 saturated carbocycles. The fraction of sp³-hybridized carbons (Fsp3) is 0.478. The second-order valence-corrected chi connectivity index (χ2v) is 16.9. The molecule has 1 aromatic carbocycles. The number of carbonyl (C=O) groups excluding carboxylic acids is 6. The molecule has 0 aliphatic carbocycles. The molecule has 25 heteroatoms. The van der Waals surface area contributed by atoms with Gasteiger partial charge >= 0.3 is 23.0 Å². The Bertz CT molecular complexity index is 2860. The summed E-state index contributed by atoms with van der Waals surface area (Å²) in [7, 11) is 0. The number of hydrogen-bond donors (Lipinski definition) is 9. The van der Waals surface area contributed by atoms with E-state index < -0.39 is 107 Å². The fourth-order valence-corrected chi connectivity index (χ4v) is 7.12. The predicted octanol–water partition coefficient (Wildman–Crippen LogP) is -2.54. The second-order valence-electron chi connectivity index (χ2n) is 16.9. The number of carbonyl (C=O) groups is 6. The molecule has 0 bridgehead atoms. The van der Waals surface area contributed by atoms with E-state index in [0.717, 1.165) is 13.7 Å². The Hall–Kier alpha value is -7.96. The van der Waals surface area contributed by atoms with Gasteiger partial charge in [-0.05, 0) is 90.7 Å². The van der Waals surface area contributed by atoms with Gasteiger partial charge in [0.1, 0.15) is 44.4 Å². The van der Waals surface area contributed by atoms with Crippen LogP contribution in [0.5, 0.6) is 0 Å². The van der Waals surface area contributed by atoms with Crippen LogP contribution in [-0.4, -0.2) is 102 Å². The summed E-state index contributed by atoms with van der Waals surface area (Å²) in [6.45, 7) is 3.40. The number of amides is 5. The second kappa shape index (κ2) is 27.9. The molecule has 0 radical (unpaired) electrons. The molecule has 0 unspecified atom stereocenters. The molecule has 4 rings (SSSR count). The Morgan fingerprint density at radius 1 is 0.535 bits per heavy atom. The van der Waals surface area contributed by atoms with Crippen molar-refractivity contribution in [2.75, 3.05) is 19.6 Å². The Morgan fingerprint density at radius 2 is 0.901 bits per heavy atom. The summed E-state index contributed by atoms with van der Waals surface area (Å²) in [4.78, 5) is 158. The van der Waals surface area contributed by atoms with Gasteiger partial charge in [-0.3, -0.25) is 67.0 Å². The predicted molar refractivity (Wildman–Crippen MR) is 257 cm³/mol. The van der Waals surface area contributed by atoms with Gasteiger partial charge in [0, 0.05) is 48.4 Å². The number of hydrogen-bond acceptors (Lipinski definition) is 14. The summed E-state index contributed by atoms with van der Waals surface area (Å²) in [5.41, 5.74) is 2.71. The lowest BCUT2D eigenvalue weighted by atomic mass is 10.1. The van der Waals surface area contributed by atoms with Crippen LogP contribution in [0.1, 0.15) is 80.0 Å². The van der Waals surface area contributed by atoms with Gasteiger partial charge in [0.25, 0.3) is 16.7 Å². The number of aromatic nitrogens is 6. The average Bonchev–Trinajstić information content (AvgIpc) is 3.32. The summed E-state index contributed by atoms with van der Waals surface area (Å²) in [6, 6.07) is 5.60. The summed E-state index contributed by atoms with van der Waals surface area (Å²) >= 11 is 0. The largest absolute Gasteiger partial charge is 0.459 e. The fourth-order valence-electron chi connectivity index (χ4n) is 7.12. The summed E-state index contributed by atoms with van der Waals surface area (Å²) in [6.07, 6.45) is 6.37. The van der Waals surface area contributed by atoms with Crippen molar-refractivity contribution in [1.82, 2.24) is 55.2 Å². The minimum Gasteiger partial charge on any atom is -0.459 e. The Labute approximate surface area is 405 Å². The highest BCUT2D eigenvalue weighted by Crippen LogP contribution is 2.09. The lowest BCUT2D eigenvalue weighted by Crippen LogP contribution is -2.49. The van der Waals surface area contributed by atoms with E-state index in [0.29, 0.717) is 44.2 Å². The van der Waals surface area contributed by atoms with Crippen LogP contribution in [0.15, 0.2) is 77.7 Å². The van der Waals surface area contributed by atoms with Crippen molar-refractivity contribution in [1.29, 1.82) is 0 Å². The number of rotatable bonds is 28. The van der Waals surface area contributed by atoms with Crippen molar-refractivity contribution in [3.05, 3.63) is 134 Å². The molecule has 0 aliphatic heterocycles. The Morgan fingerprint density at radius 3 is 1.30 bits per heavy atom. The lowest BCUT2D eigenvalue weighted by molar-refractivity contribution is -0.149. The van der Waals surface area contributed by atoms with Crippen molar-refractivity contribution < 1.29 is 33.5 Å². The molecular formula is C46H62N12O13. The van der Waals surface area contributed by atoms with Gasteiger partial charge in [-0.1, -0.05) is 30.3 Å². The minimum absolute atomic E-state index is 0.0688. The lowest BCUT2D eigenvalue weighted by Gasteiger charge is -2.20. The first kappa shape index (κ1) is 55.6. The van der Waals surface area contributed by atoms with Crippen LogP contribution in [0.25, 0.3) is 0 Å².